The summed E-state index contributed by atoms with van der Waals surface area (Å²) in [6.45, 7) is 2.33. The molecule has 0 aliphatic heterocycles. The number of carbonyl (C=O) groups excluding carboxylic acids is 2. The highest BCUT2D eigenvalue weighted by Crippen LogP contribution is 2.21. The molecule has 0 aliphatic rings. The lowest BCUT2D eigenvalue weighted by Crippen LogP contribution is -2.15. The molecule has 0 fully saturated rings. The van der Waals surface area contributed by atoms with Crippen molar-refractivity contribution < 1.29 is 14.3 Å². The zero-order valence-electron chi connectivity index (χ0n) is 13.1. The van der Waals surface area contributed by atoms with E-state index >= 15 is 0 Å². The Morgan fingerprint density at radius 1 is 1.12 bits per heavy atom. The Morgan fingerprint density at radius 2 is 1.92 bits per heavy atom. The van der Waals surface area contributed by atoms with Gasteiger partial charge in [0.05, 0.1) is 6.61 Å². The van der Waals surface area contributed by atoms with Gasteiger partial charge in [-0.15, -0.1) is 0 Å². The number of hydrogen-bond donors (Lipinski definition) is 3. The van der Waals surface area contributed by atoms with Gasteiger partial charge in [0.2, 0.25) is 0 Å². The first-order chi connectivity index (χ1) is 11.5. The van der Waals surface area contributed by atoms with Crippen LogP contribution in [0, 0.1) is 0 Å². The van der Waals surface area contributed by atoms with E-state index in [2.05, 4.69) is 10.6 Å². The summed E-state index contributed by atoms with van der Waals surface area (Å²) >= 11 is 6.02. The van der Waals surface area contributed by atoms with Crippen molar-refractivity contribution in [3.63, 3.8) is 0 Å². The zero-order chi connectivity index (χ0) is 17.5. The monoisotopic (exact) mass is 347 g/mol. The van der Waals surface area contributed by atoms with Crippen LogP contribution in [0.1, 0.15) is 22.8 Å². The van der Waals surface area contributed by atoms with Crippen LogP contribution in [0.3, 0.4) is 0 Å². The molecule has 2 aromatic carbocycles. The molecule has 126 valence electrons. The van der Waals surface area contributed by atoms with E-state index in [1.807, 2.05) is 12.1 Å². The molecule has 0 bridgehead atoms. The topological polar surface area (TPSA) is 93.4 Å². The third-order valence-electron chi connectivity index (χ3n) is 3.10. The summed E-state index contributed by atoms with van der Waals surface area (Å²) in [6.07, 6.45) is -0.609. The standard InChI is InChI=1S/C17H18ClN3O3/c1-2-24-17(23)21-15-8-12(7-13(18)9-15)16(22)20-14-5-3-4-11(6-14)10-19/h3-9H,2,10,19H2,1H3,(H,20,22)(H,21,23). The van der Waals surface area contributed by atoms with Gasteiger partial charge in [0.15, 0.2) is 0 Å². The minimum atomic E-state index is -0.609. The summed E-state index contributed by atoms with van der Waals surface area (Å²) in [5.41, 5.74) is 7.81. The predicted octanol–water partition coefficient (Wildman–Crippen LogP) is 3.62. The predicted molar refractivity (Wildman–Crippen MR) is 94.4 cm³/mol. The third-order valence-corrected chi connectivity index (χ3v) is 3.32. The normalized spacial score (nSPS) is 10.1. The van der Waals surface area contributed by atoms with Crippen molar-refractivity contribution in [1.29, 1.82) is 0 Å². The van der Waals surface area contributed by atoms with Crippen LogP contribution in [0.2, 0.25) is 5.02 Å². The van der Waals surface area contributed by atoms with E-state index in [1.54, 1.807) is 19.1 Å². The lowest BCUT2D eigenvalue weighted by atomic mass is 10.1. The van der Waals surface area contributed by atoms with Crippen molar-refractivity contribution in [2.24, 2.45) is 5.73 Å². The van der Waals surface area contributed by atoms with Crippen LogP contribution in [-0.2, 0) is 11.3 Å². The molecule has 0 atom stereocenters. The Morgan fingerprint density at radius 3 is 2.62 bits per heavy atom. The molecule has 0 radical (unpaired) electrons. The number of nitrogens with two attached hydrogens (primary N) is 1. The number of carbonyl (C=O) groups is 2. The van der Waals surface area contributed by atoms with Gasteiger partial charge in [-0.05, 0) is 42.8 Å². The molecule has 2 rings (SSSR count). The van der Waals surface area contributed by atoms with Crippen LogP contribution in [-0.4, -0.2) is 18.6 Å². The largest absolute Gasteiger partial charge is 0.450 e. The smallest absolute Gasteiger partial charge is 0.411 e. The highest BCUT2D eigenvalue weighted by molar-refractivity contribution is 6.31. The van der Waals surface area contributed by atoms with Crippen LogP contribution in [0.15, 0.2) is 42.5 Å². The lowest BCUT2D eigenvalue weighted by Gasteiger charge is -2.10. The fourth-order valence-electron chi connectivity index (χ4n) is 2.06. The number of amides is 2. The van der Waals surface area contributed by atoms with Gasteiger partial charge < -0.3 is 15.8 Å². The number of rotatable bonds is 5. The van der Waals surface area contributed by atoms with E-state index < -0.39 is 6.09 Å². The first kappa shape index (κ1) is 17.8. The van der Waals surface area contributed by atoms with Gasteiger partial charge in [-0.2, -0.15) is 0 Å². The van der Waals surface area contributed by atoms with Crippen LogP contribution >= 0.6 is 11.6 Å². The molecule has 6 nitrogen and oxygen atoms in total. The summed E-state index contributed by atoms with van der Waals surface area (Å²) in [7, 11) is 0. The fourth-order valence-corrected chi connectivity index (χ4v) is 2.29. The molecule has 0 aromatic heterocycles. The molecule has 0 heterocycles. The van der Waals surface area contributed by atoms with Gasteiger partial charge >= 0.3 is 6.09 Å². The minimum absolute atomic E-state index is 0.247. The van der Waals surface area contributed by atoms with E-state index in [9.17, 15) is 9.59 Å². The number of hydrogen-bond acceptors (Lipinski definition) is 4. The van der Waals surface area contributed by atoms with Crippen LogP contribution in [0.4, 0.5) is 16.2 Å². The molecule has 0 saturated heterocycles. The van der Waals surface area contributed by atoms with Crippen LogP contribution in [0.25, 0.3) is 0 Å². The summed E-state index contributed by atoms with van der Waals surface area (Å²) < 4.78 is 4.80. The van der Waals surface area contributed by atoms with Crippen LogP contribution < -0.4 is 16.4 Å². The second-order valence-electron chi connectivity index (χ2n) is 4.93. The molecule has 2 aromatic rings. The molecule has 0 aliphatic carbocycles. The highest BCUT2D eigenvalue weighted by Gasteiger charge is 2.11. The van der Waals surface area contributed by atoms with E-state index in [1.165, 1.54) is 18.2 Å². The molecule has 0 unspecified atom stereocenters. The van der Waals surface area contributed by atoms with Crippen LogP contribution in [0.5, 0.6) is 0 Å². The number of halogens is 1. The SMILES string of the molecule is CCOC(=O)Nc1cc(Cl)cc(C(=O)Nc2cccc(CN)c2)c1. The quantitative estimate of drug-likeness (QED) is 0.770. The molecule has 7 heteroatoms. The van der Waals surface area contributed by atoms with E-state index in [0.717, 1.165) is 5.56 Å². The van der Waals surface area contributed by atoms with E-state index in [4.69, 9.17) is 22.1 Å². The molecule has 0 spiro atoms. The number of anilines is 2. The summed E-state index contributed by atoms with van der Waals surface area (Å²) in [6, 6.07) is 11.8. The van der Waals surface area contributed by atoms with Crippen molar-refractivity contribution in [2.45, 2.75) is 13.5 Å². The van der Waals surface area contributed by atoms with E-state index in [-0.39, 0.29) is 12.5 Å². The Bertz CT molecular complexity index is 750. The highest BCUT2D eigenvalue weighted by atomic mass is 35.5. The maximum Gasteiger partial charge on any atom is 0.411 e. The average molecular weight is 348 g/mol. The Kier molecular flexibility index (Phi) is 6.17. The summed E-state index contributed by atoms with van der Waals surface area (Å²) in [4.78, 5) is 23.9. The van der Waals surface area contributed by atoms with Crippen molar-refractivity contribution in [1.82, 2.24) is 0 Å². The van der Waals surface area contributed by atoms with Gasteiger partial charge in [-0.3, -0.25) is 10.1 Å². The number of ether oxygens (including phenoxy) is 1. The molecule has 0 saturated carbocycles. The molecule has 4 N–H and O–H groups in total. The van der Waals surface area contributed by atoms with Gasteiger partial charge in [0, 0.05) is 28.5 Å². The molecular formula is C17H18ClN3O3. The van der Waals surface area contributed by atoms with Gasteiger partial charge in [-0.1, -0.05) is 23.7 Å². The summed E-state index contributed by atoms with van der Waals surface area (Å²) in [5, 5.41) is 5.61. The lowest BCUT2D eigenvalue weighted by molar-refractivity contribution is 0.102. The van der Waals surface area contributed by atoms with Gasteiger partial charge in [-0.25, -0.2) is 4.79 Å². The Labute approximate surface area is 144 Å². The van der Waals surface area contributed by atoms with Crippen molar-refractivity contribution in [2.75, 3.05) is 17.2 Å². The minimum Gasteiger partial charge on any atom is -0.450 e. The summed E-state index contributed by atoms with van der Waals surface area (Å²) in [5.74, 6) is -0.349. The number of benzene rings is 2. The second-order valence-corrected chi connectivity index (χ2v) is 5.37. The van der Waals surface area contributed by atoms with E-state index in [0.29, 0.717) is 28.5 Å². The van der Waals surface area contributed by atoms with Crippen molar-refractivity contribution in [3.05, 3.63) is 58.6 Å². The number of nitrogens with one attached hydrogen (secondary N) is 2. The first-order valence-corrected chi connectivity index (χ1v) is 7.74. The van der Waals surface area contributed by atoms with Crippen molar-refractivity contribution >= 4 is 35.0 Å². The van der Waals surface area contributed by atoms with Gasteiger partial charge in [0.1, 0.15) is 0 Å². The molecule has 2 amide bonds. The first-order valence-electron chi connectivity index (χ1n) is 7.36. The fraction of sp³-hybridized carbons (Fsp3) is 0.176. The Hall–Kier alpha value is -2.57. The maximum absolute atomic E-state index is 12.4. The molecule has 24 heavy (non-hydrogen) atoms. The zero-order valence-corrected chi connectivity index (χ0v) is 13.9. The third kappa shape index (κ3) is 4.97. The second kappa shape index (κ2) is 8.33. The average Bonchev–Trinajstić information content (AvgIpc) is 2.54. The van der Waals surface area contributed by atoms with Crippen molar-refractivity contribution in [3.8, 4) is 0 Å². The Balaban J connectivity index is 2.16. The molecular weight excluding hydrogens is 330 g/mol. The maximum atomic E-state index is 12.4. The van der Waals surface area contributed by atoms with Gasteiger partial charge in [0.25, 0.3) is 5.91 Å².